The number of nitrogens with zero attached hydrogens (tertiary/aromatic N) is 2. The Hall–Kier alpha value is -1.32. The van der Waals surface area contributed by atoms with E-state index < -0.39 is 0 Å². The third-order valence-electron chi connectivity index (χ3n) is 2.71. The molecule has 0 aliphatic rings. The van der Waals surface area contributed by atoms with E-state index in [1.165, 1.54) is 19.3 Å². The maximum absolute atomic E-state index is 4.39. The lowest BCUT2D eigenvalue weighted by atomic mass is 10.1. The molecule has 1 rings (SSSR count). The summed E-state index contributed by atoms with van der Waals surface area (Å²) in [4.78, 5) is 8.72. The molecule has 0 amide bonds. The van der Waals surface area contributed by atoms with Crippen molar-refractivity contribution < 1.29 is 0 Å². The topological polar surface area (TPSA) is 49.8 Å². The highest BCUT2D eigenvalue weighted by Gasteiger charge is 2.00. The lowest BCUT2D eigenvalue weighted by molar-refractivity contribution is 0.544. The van der Waals surface area contributed by atoms with Crippen molar-refractivity contribution >= 4 is 11.6 Å². The van der Waals surface area contributed by atoms with Crippen LogP contribution in [0.25, 0.3) is 0 Å². The molecule has 0 saturated carbocycles. The Morgan fingerprint density at radius 3 is 2.39 bits per heavy atom. The van der Waals surface area contributed by atoms with E-state index in [9.17, 15) is 0 Å². The van der Waals surface area contributed by atoms with E-state index in [2.05, 4.69) is 41.4 Å². The van der Waals surface area contributed by atoms with Crippen LogP contribution in [0.3, 0.4) is 0 Å². The van der Waals surface area contributed by atoms with Gasteiger partial charge in [0.25, 0.3) is 0 Å². The van der Waals surface area contributed by atoms with Crippen LogP contribution in [0, 0.1) is 12.8 Å². The second-order valence-electron chi connectivity index (χ2n) is 5.03. The van der Waals surface area contributed by atoms with Crippen molar-refractivity contribution in [1.82, 2.24) is 9.97 Å². The van der Waals surface area contributed by atoms with E-state index in [0.717, 1.165) is 36.5 Å². The van der Waals surface area contributed by atoms with Crippen molar-refractivity contribution in [3.63, 3.8) is 0 Å². The number of nitrogens with one attached hydrogen (secondary N) is 2. The molecule has 2 N–H and O–H groups in total. The summed E-state index contributed by atoms with van der Waals surface area (Å²) in [6, 6.07) is 1.97. The summed E-state index contributed by atoms with van der Waals surface area (Å²) in [7, 11) is 0. The average Bonchev–Trinajstić information content (AvgIpc) is 2.28. The minimum atomic E-state index is 0.798. The van der Waals surface area contributed by atoms with Crippen LogP contribution in [0.1, 0.15) is 45.9 Å². The fraction of sp³-hybridized carbons (Fsp3) is 0.714. The molecule has 4 heteroatoms. The summed E-state index contributed by atoms with van der Waals surface area (Å²) >= 11 is 0. The summed E-state index contributed by atoms with van der Waals surface area (Å²) in [6.45, 7) is 10.4. The molecule has 0 spiro atoms. The summed E-state index contributed by atoms with van der Waals surface area (Å²) in [5.74, 6) is 3.42. The normalized spacial score (nSPS) is 10.7. The van der Waals surface area contributed by atoms with Gasteiger partial charge in [-0.2, -0.15) is 0 Å². The van der Waals surface area contributed by atoms with Crippen LogP contribution in [0.2, 0.25) is 0 Å². The zero-order chi connectivity index (χ0) is 13.4. The van der Waals surface area contributed by atoms with Crippen LogP contribution in [-0.4, -0.2) is 23.1 Å². The summed E-state index contributed by atoms with van der Waals surface area (Å²) < 4.78 is 0. The molecule has 0 bridgehead atoms. The maximum Gasteiger partial charge on any atom is 0.131 e. The molecule has 102 valence electrons. The zero-order valence-corrected chi connectivity index (χ0v) is 12.1. The first-order chi connectivity index (χ1) is 8.61. The van der Waals surface area contributed by atoms with Gasteiger partial charge in [-0.1, -0.05) is 26.7 Å². The van der Waals surface area contributed by atoms with Crippen LogP contribution >= 0.6 is 0 Å². The number of hydrogen-bond donors (Lipinski definition) is 2. The van der Waals surface area contributed by atoms with Gasteiger partial charge in [0, 0.05) is 19.2 Å². The van der Waals surface area contributed by atoms with Crippen molar-refractivity contribution in [3.8, 4) is 0 Å². The summed E-state index contributed by atoms with van der Waals surface area (Å²) in [5, 5.41) is 6.58. The summed E-state index contributed by atoms with van der Waals surface area (Å²) in [5.41, 5.74) is 0. The minimum absolute atomic E-state index is 0.798. The van der Waals surface area contributed by atoms with Crippen LogP contribution in [0.5, 0.6) is 0 Å². The first-order valence-corrected chi connectivity index (χ1v) is 6.95. The van der Waals surface area contributed by atoms with Crippen molar-refractivity contribution in [2.45, 2.75) is 47.0 Å². The molecule has 0 radical (unpaired) electrons. The van der Waals surface area contributed by atoms with Gasteiger partial charge in [0.05, 0.1) is 0 Å². The molecule has 1 aromatic rings. The Morgan fingerprint density at radius 1 is 1.11 bits per heavy atom. The average molecular weight is 250 g/mol. The second-order valence-corrected chi connectivity index (χ2v) is 5.03. The lowest BCUT2D eigenvalue weighted by Crippen LogP contribution is -2.07. The number of anilines is 2. The monoisotopic (exact) mass is 250 g/mol. The summed E-state index contributed by atoms with van der Waals surface area (Å²) in [6.07, 6.45) is 3.76. The van der Waals surface area contributed by atoms with Gasteiger partial charge >= 0.3 is 0 Å². The number of aryl methyl sites for hydroxylation is 1. The smallest absolute Gasteiger partial charge is 0.131 e. The van der Waals surface area contributed by atoms with Crippen molar-refractivity contribution in [2.24, 2.45) is 5.92 Å². The van der Waals surface area contributed by atoms with Gasteiger partial charge in [0.15, 0.2) is 0 Å². The van der Waals surface area contributed by atoms with Crippen molar-refractivity contribution in [1.29, 1.82) is 0 Å². The number of hydrogen-bond acceptors (Lipinski definition) is 4. The van der Waals surface area contributed by atoms with E-state index in [-0.39, 0.29) is 0 Å². The predicted molar refractivity (Wildman–Crippen MR) is 78.1 cm³/mol. The fourth-order valence-corrected chi connectivity index (χ4v) is 1.82. The molecule has 18 heavy (non-hydrogen) atoms. The highest BCUT2D eigenvalue weighted by atomic mass is 15.1. The van der Waals surface area contributed by atoms with Crippen molar-refractivity contribution in [2.75, 3.05) is 23.7 Å². The SMILES string of the molecule is CCNc1cc(NCCCCC(C)C)nc(C)n1. The largest absolute Gasteiger partial charge is 0.370 e. The molecule has 0 fully saturated rings. The highest BCUT2D eigenvalue weighted by Crippen LogP contribution is 2.11. The molecule has 0 aliphatic carbocycles. The lowest BCUT2D eigenvalue weighted by Gasteiger charge is -2.09. The first-order valence-electron chi connectivity index (χ1n) is 6.95. The van der Waals surface area contributed by atoms with Crippen LogP contribution in [0.4, 0.5) is 11.6 Å². The molecule has 4 nitrogen and oxygen atoms in total. The standard InChI is InChI=1S/C14H26N4/c1-5-15-13-10-14(18-12(4)17-13)16-9-7-6-8-11(2)3/h10-11H,5-9H2,1-4H3,(H2,15,16,17,18). The number of aromatic nitrogens is 2. The molecule has 0 unspecified atom stereocenters. The van der Waals surface area contributed by atoms with E-state index >= 15 is 0 Å². The Morgan fingerprint density at radius 2 is 1.78 bits per heavy atom. The second kappa shape index (κ2) is 7.90. The van der Waals surface area contributed by atoms with Gasteiger partial charge in [0.1, 0.15) is 17.5 Å². The van der Waals surface area contributed by atoms with Crippen LogP contribution in [0.15, 0.2) is 6.07 Å². The highest BCUT2D eigenvalue weighted by molar-refractivity contribution is 5.47. The first kappa shape index (κ1) is 14.7. The Labute approximate surface area is 111 Å². The molecule has 1 aromatic heterocycles. The molecule has 1 heterocycles. The van der Waals surface area contributed by atoms with Gasteiger partial charge in [-0.25, -0.2) is 9.97 Å². The van der Waals surface area contributed by atoms with E-state index in [1.54, 1.807) is 0 Å². The molecule has 0 aliphatic heterocycles. The quantitative estimate of drug-likeness (QED) is 0.694. The van der Waals surface area contributed by atoms with E-state index in [0.29, 0.717) is 0 Å². The number of rotatable bonds is 8. The van der Waals surface area contributed by atoms with Gasteiger partial charge in [0.2, 0.25) is 0 Å². The van der Waals surface area contributed by atoms with E-state index in [1.807, 2.05) is 13.0 Å². The molecular formula is C14H26N4. The molecular weight excluding hydrogens is 224 g/mol. The molecule has 0 aromatic carbocycles. The number of unbranched alkanes of at least 4 members (excludes halogenated alkanes) is 1. The van der Waals surface area contributed by atoms with Gasteiger partial charge < -0.3 is 10.6 Å². The molecule has 0 atom stereocenters. The third-order valence-corrected chi connectivity index (χ3v) is 2.71. The maximum atomic E-state index is 4.39. The van der Waals surface area contributed by atoms with Crippen molar-refractivity contribution in [3.05, 3.63) is 11.9 Å². The van der Waals surface area contributed by atoms with Crippen LogP contribution in [-0.2, 0) is 0 Å². The van der Waals surface area contributed by atoms with Gasteiger partial charge in [-0.3, -0.25) is 0 Å². The fourth-order valence-electron chi connectivity index (χ4n) is 1.82. The van der Waals surface area contributed by atoms with Gasteiger partial charge in [-0.05, 0) is 26.2 Å². The van der Waals surface area contributed by atoms with E-state index in [4.69, 9.17) is 0 Å². The minimum Gasteiger partial charge on any atom is -0.370 e. The zero-order valence-electron chi connectivity index (χ0n) is 12.1. The van der Waals surface area contributed by atoms with Crippen LogP contribution < -0.4 is 10.6 Å². The Balaban J connectivity index is 2.37. The predicted octanol–water partition coefficient (Wildman–Crippen LogP) is 3.46. The Bertz CT molecular complexity index is 350. The molecule has 0 saturated heterocycles. The third kappa shape index (κ3) is 5.84. The Kier molecular flexibility index (Phi) is 6.47. The van der Waals surface area contributed by atoms with Gasteiger partial charge in [-0.15, -0.1) is 0 Å².